The van der Waals surface area contributed by atoms with E-state index in [0.717, 1.165) is 17.7 Å². The molecule has 2 rings (SSSR count). The minimum atomic E-state index is -3.67. The van der Waals surface area contributed by atoms with Gasteiger partial charge in [-0.25, -0.2) is 0 Å². The van der Waals surface area contributed by atoms with Gasteiger partial charge in [0.25, 0.3) is 10.1 Å². The van der Waals surface area contributed by atoms with Crippen molar-refractivity contribution in [1.29, 1.82) is 0 Å². The van der Waals surface area contributed by atoms with Gasteiger partial charge < -0.3 is 14.2 Å². The number of aromatic nitrogens is 1. The number of esters is 2. The molecule has 0 aliphatic rings. The number of hydrogen-bond donors (Lipinski definition) is 1. The maximum Gasteiger partial charge on any atom is 0.320 e. The van der Waals surface area contributed by atoms with Gasteiger partial charge in [-0.1, -0.05) is 18.2 Å². The number of benzene rings is 1. The molecule has 0 saturated heterocycles. The lowest BCUT2D eigenvalue weighted by atomic mass is 9.99. The summed E-state index contributed by atoms with van der Waals surface area (Å²) in [6.07, 6.45) is 3.40. The predicted octanol–water partition coefficient (Wildman–Crippen LogP) is 1.71. The first kappa shape index (κ1) is 25.1. The topological polar surface area (TPSA) is 129 Å². The summed E-state index contributed by atoms with van der Waals surface area (Å²) in [5.74, 6) is -1.47. The third-order valence-corrected chi connectivity index (χ3v) is 3.69. The van der Waals surface area contributed by atoms with E-state index in [9.17, 15) is 18.0 Å². The second-order valence-electron chi connectivity index (χ2n) is 6.10. The zero-order valence-corrected chi connectivity index (χ0v) is 17.8. The van der Waals surface area contributed by atoms with Gasteiger partial charge in [-0.05, 0) is 36.2 Å². The van der Waals surface area contributed by atoms with Gasteiger partial charge in [-0.3, -0.25) is 19.1 Å². The van der Waals surface area contributed by atoms with Crippen LogP contribution in [0.25, 0.3) is 0 Å². The summed E-state index contributed by atoms with van der Waals surface area (Å²) in [6.45, 7) is 0.517. The maximum absolute atomic E-state index is 11.7. The highest BCUT2D eigenvalue weighted by Gasteiger charge is 2.28. The molecule has 0 amide bonds. The molecule has 1 heterocycles. The minimum absolute atomic E-state index is 0.216. The molecular weight excluding hydrogens is 414 g/mol. The lowest BCUT2D eigenvalue weighted by Gasteiger charge is -2.13. The van der Waals surface area contributed by atoms with Crippen molar-refractivity contribution in [1.82, 2.24) is 4.98 Å². The smallest absolute Gasteiger partial charge is 0.320 e. The summed E-state index contributed by atoms with van der Waals surface area (Å²) < 4.78 is 40.9. The second kappa shape index (κ2) is 12.6. The van der Waals surface area contributed by atoms with Crippen LogP contribution in [0.3, 0.4) is 0 Å². The van der Waals surface area contributed by atoms with Crippen molar-refractivity contribution < 1.29 is 36.8 Å². The van der Waals surface area contributed by atoms with E-state index >= 15 is 0 Å². The average Bonchev–Trinajstić information content (AvgIpc) is 2.71. The highest BCUT2D eigenvalue weighted by Crippen LogP contribution is 2.17. The van der Waals surface area contributed by atoms with Crippen molar-refractivity contribution in [3.05, 3.63) is 59.9 Å². The third-order valence-electron chi connectivity index (χ3n) is 3.69. The Bertz CT molecular complexity index is 874. The highest BCUT2D eigenvalue weighted by atomic mass is 32.2. The Labute approximate surface area is 175 Å². The lowest BCUT2D eigenvalue weighted by Crippen LogP contribution is -2.28. The van der Waals surface area contributed by atoms with Crippen molar-refractivity contribution in [3.8, 4) is 5.75 Å². The molecule has 164 valence electrons. The summed E-state index contributed by atoms with van der Waals surface area (Å²) >= 11 is 0. The standard InChI is InChI=1S/C19H21NO5.CH4O3S/c1-23-18(21)17(19(22)24-2)13-14-6-8-16(9-7-14)25-12-10-15-5-3-4-11-20-15;1-5(2,3)4/h3-9,11,17H,10,12-13H2,1-2H3;1H3,(H,2,3,4). The molecule has 9 nitrogen and oxygen atoms in total. The molecule has 10 heteroatoms. The minimum Gasteiger partial charge on any atom is -0.493 e. The quantitative estimate of drug-likeness (QED) is 0.371. The first-order valence-corrected chi connectivity index (χ1v) is 10.7. The van der Waals surface area contributed by atoms with Gasteiger partial charge in [0.05, 0.1) is 27.1 Å². The van der Waals surface area contributed by atoms with E-state index in [2.05, 4.69) is 14.5 Å². The number of pyridine rings is 1. The van der Waals surface area contributed by atoms with Crippen LogP contribution in [0.4, 0.5) is 0 Å². The van der Waals surface area contributed by atoms with Crippen LogP contribution in [-0.4, -0.2) is 57.0 Å². The fraction of sp³-hybridized carbons (Fsp3) is 0.350. The van der Waals surface area contributed by atoms with E-state index in [1.807, 2.05) is 30.3 Å². The number of carbonyl (C=O) groups excluding carboxylic acids is 2. The fourth-order valence-electron chi connectivity index (χ4n) is 2.32. The molecule has 30 heavy (non-hydrogen) atoms. The molecule has 0 unspecified atom stereocenters. The first-order valence-electron chi connectivity index (χ1n) is 8.83. The van der Waals surface area contributed by atoms with E-state index in [1.54, 1.807) is 18.3 Å². The van der Waals surface area contributed by atoms with Crippen molar-refractivity contribution in [2.45, 2.75) is 12.8 Å². The summed E-state index contributed by atoms with van der Waals surface area (Å²) in [5, 5.41) is 0. The highest BCUT2D eigenvalue weighted by molar-refractivity contribution is 7.85. The Kier molecular flexibility index (Phi) is 10.5. The Morgan fingerprint density at radius 2 is 1.60 bits per heavy atom. The van der Waals surface area contributed by atoms with Crippen molar-refractivity contribution in [2.24, 2.45) is 5.92 Å². The molecule has 1 aromatic heterocycles. The largest absolute Gasteiger partial charge is 0.493 e. The van der Waals surface area contributed by atoms with Gasteiger partial charge >= 0.3 is 11.9 Å². The molecule has 0 saturated carbocycles. The zero-order chi connectivity index (χ0) is 22.6. The molecule has 1 aromatic carbocycles. The Balaban J connectivity index is 0.000000804. The van der Waals surface area contributed by atoms with Crippen molar-refractivity contribution in [3.63, 3.8) is 0 Å². The second-order valence-corrected chi connectivity index (χ2v) is 7.57. The summed E-state index contributed by atoms with van der Waals surface area (Å²) in [4.78, 5) is 27.7. The van der Waals surface area contributed by atoms with E-state index in [0.29, 0.717) is 18.6 Å². The number of ether oxygens (including phenoxy) is 3. The molecule has 0 aliphatic heterocycles. The molecule has 0 atom stereocenters. The molecule has 0 radical (unpaired) electrons. The Hall–Kier alpha value is -2.98. The van der Waals surface area contributed by atoms with Crippen LogP contribution in [0.1, 0.15) is 11.3 Å². The number of rotatable bonds is 8. The van der Waals surface area contributed by atoms with Crippen LogP contribution in [0.2, 0.25) is 0 Å². The summed E-state index contributed by atoms with van der Waals surface area (Å²) in [5.41, 5.74) is 1.79. The van der Waals surface area contributed by atoms with Gasteiger partial charge in [0.1, 0.15) is 5.75 Å². The van der Waals surface area contributed by atoms with Crippen LogP contribution >= 0.6 is 0 Å². The van der Waals surface area contributed by atoms with Gasteiger partial charge in [-0.15, -0.1) is 0 Å². The van der Waals surface area contributed by atoms with E-state index in [-0.39, 0.29) is 6.42 Å². The molecule has 0 fully saturated rings. The molecule has 0 spiro atoms. The van der Waals surface area contributed by atoms with Gasteiger partial charge in [-0.2, -0.15) is 8.42 Å². The monoisotopic (exact) mass is 439 g/mol. The van der Waals surface area contributed by atoms with Crippen molar-refractivity contribution in [2.75, 3.05) is 27.1 Å². The van der Waals surface area contributed by atoms with Crippen LogP contribution in [0.5, 0.6) is 5.75 Å². The average molecular weight is 439 g/mol. The lowest BCUT2D eigenvalue weighted by molar-refractivity contribution is -0.158. The number of nitrogens with zero attached hydrogens (tertiary/aromatic N) is 1. The van der Waals surface area contributed by atoms with Gasteiger partial charge in [0, 0.05) is 18.3 Å². The predicted molar refractivity (Wildman–Crippen MR) is 109 cm³/mol. The van der Waals surface area contributed by atoms with Crippen LogP contribution in [0.15, 0.2) is 48.7 Å². The van der Waals surface area contributed by atoms with Crippen LogP contribution in [0, 0.1) is 5.92 Å². The fourth-order valence-corrected chi connectivity index (χ4v) is 2.32. The maximum atomic E-state index is 11.7. The summed E-state index contributed by atoms with van der Waals surface area (Å²) in [6, 6.07) is 13.0. The molecule has 0 aliphatic carbocycles. The normalized spacial score (nSPS) is 10.6. The molecular formula is C20H25NO8S. The molecule has 2 aromatic rings. The van der Waals surface area contributed by atoms with Crippen LogP contribution in [-0.2, 0) is 42.0 Å². The van der Waals surface area contributed by atoms with Crippen molar-refractivity contribution >= 4 is 22.1 Å². The summed E-state index contributed by atoms with van der Waals surface area (Å²) in [7, 11) is -1.17. The zero-order valence-electron chi connectivity index (χ0n) is 17.0. The third kappa shape index (κ3) is 10.5. The SMILES string of the molecule is COC(=O)C(Cc1ccc(OCCc2ccccn2)cc1)C(=O)OC.CS(=O)(=O)O. The number of carbonyl (C=O) groups is 2. The Morgan fingerprint density at radius 1 is 1.03 bits per heavy atom. The van der Waals surface area contributed by atoms with E-state index in [4.69, 9.17) is 9.29 Å². The van der Waals surface area contributed by atoms with E-state index < -0.39 is 28.0 Å². The number of hydrogen-bond acceptors (Lipinski definition) is 8. The van der Waals surface area contributed by atoms with Gasteiger partial charge in [0.2, 0.25) is 0 Å². The Morgan fingerprint density at radius 3 is 2.07 bits per heavy atom. The number of methoxy groups -OCH3 is 2. The van der Waals surface area contributed by atoms with Gasteiger partial charge in [0.15, 0.2) is 5.92 Å². The molecule has 0 bridgehead atoms. The van der Waals surface area contributed by atoms with Crippen LogP contribution < -0.4 is 4.74 Å². The molecule has 1 N–H and O–H groups in total. The first-order chi connectivity index (χ1) is 14.1. The van der Waals surface area contributed by atoms with E-state index in [1.165, 1.54) is 14.2 Å².